The summed E-state index contributed by atoms with van der Waals surface area (Å²) in [5.74, 6) is -1.05. The Morgan fingerprint density at radius 3 is 2.37 bits per heavy atom. The van der Waals surface area contributed by atoms with Crippen molar-refractivity contribution in [2.75, 3.05) is 0 Å². The first-order chi connectivity index (χ1) is 12.6. The smallest absolute Gasteiger partial charge is 0.406 e. The zero-order valence-electron chi connectivity index (χ0n) is 14.7. The number of carbonyl (C=O) groups excluding carboxylic acids is 1. The molecule has 0 fully saturated rings. The lowest BCUT2D eigenvalue weighted by atomic mass is 9.94. The molecule has 0 spiro atoms. The van der Waals surface area contributed by atoms with E-state index in [2.05, 4.69) is 9.73 Å². The highest BCUT2D eigenvalue weighted by Gasteiger charge is 2.33. The van der Waals surface area contributed by atoms with Crippen LogP contribution in [0.15, 0.2) is 47.5 Å². The Kier molecular flexibility index (Phi) is 5.04. The summed E-state index contributed by atoms with van der Waals surface area (Å²) in [6, 6.07) is 8.67. The predicted molar refractivity (Wildman–Crippen MR) is 92.5 cm³/mol. The van der Waals surface area contributed by atoms with Crippen molar-refractivity contribution in [3.05, 3.63) is 65.0 Å². The van der Waals surface area contributed by atoms with Gasteiger partial charge < -0.3 is 4.74 Å². The van der Waals surface area contributed by atoms with Crippen LogP contribution in [0, 0.1) is 11.7 Å². The van der Waals surface area contributed by atoms with Crippen LogP contribution in [0.2, 0.25) is 0 Å². The van der Waals surface area contributed by atoms with Gasteiger partial charge in [0, 0.05) is 17.5 Å². The summed E-state index contributed by atoms with van der Waals surface area (Å²) in [6.07, 6.45) is -4.78. The molecule has 3 rings (SSSR count). The van der Waals surface area contributed by atoms with E-state index in [1.165, 1.54) is 42.5 Å². The van der Waals surface area contributed by atoms with Gasteiger partial charge in [-0.15, -0.1) is 13.2 Å². The van der Waals surface area contributed by atoms with Crippen molar-refractivity contribution in [1.82, 2.24) is 0 Å². The Bertz CT molecular complexity index is 886. The zero-order chi connectivity index (χ0) is 19.8. The highest BCUT2D eigenvalue weighted by Crippen LogP contribution is 2.30. The van der Waals surface area contributed by atoms with Crippen LogP contribution in [-0.4, -0.2) is 23.9 Å². The molecule has 0 N–H and O–H groups in total. The third kappa shape index (κ3) is 4.35. The fourth-order valence-corrected chi connectivity index (χ4v) is 3.06. The Balaban J connectivity index is 2.17. The largest absolute Gasteiger partial charge is 0.573 e. The SMILES string of the molecule is CC(C)[C@@H]1N=C(c2ccc(F)cc2)c2cc(OC(F)(F)F)ccc2CC1=O. The number of benzene rings is 2. The van der Waals surface area contributed by atoms with Crippen molar-refractivity contribution in [2.24, 2.45) is 10.9 Å². The van der Waals surface area contributed by atoms with Gasteiger partial charge in [-0.25, -0.2) is 4.39 Å². The van der Waals surface area contributed by atoms with Crippen LogP contribution in [0.4, 0.5) is 17.6 Å². The molecule has 1 aliphatic rings. The fraction of sp³-hybridized carbons (Fsp3) is 0.300. The number of nitrogens with zero attached hydrogens (tertiary/aromatic N) is 1. The zero-order valence-corrected chi connectivity index (χ0v) is 14.7. The van der Waals surface area contributed by atoms with Crippen LogP contribution in [0.3, 0.4) is 0 Å². The predicted octanol–water partition coefficient (Wildman–Crippen LogP) is 4.71. The lowest BCUT2D eigenvalue weighted by Gasteiger charge is -2.15. The van der Waals surface area contributed by atoms with Gasteiger partial charge in [-0.1, -0.05) is 19.9 Å². The number of ether oxygens (including phenoxy) is 1. The highest BCUT2D eigenvalue weighted by atomic mass is 19.4. The molecule has 0 saturated carbocycles. The summed E-state index contributed by atoms with van der Waals surface area (Å²) in [5, 5.41) is 0. The number of alkyl halides is 3. The number of aliphatic imine (C=N–C) groups is 1. The minimum atomic E-state index is -4.83. The van der Waals surface area contributed by atoms with Crippen LogP contribution in [0.25, 0.3) is 0 Å². The molecule has 0 aromatic heterocycles. The van der Waals surface area contributed by atoms with Gasteiger partial charge in [-0.05, 0) is 47.9 Å². The molecule has 1 atom stereocenters. The summed E-state index contributed by atoms with van der Waals surface area (Å²) >= 11 is 0. The van der Waals surface area contributed by atoms with Crippen molar-refractivity contribution < 1.29 is 27.1 Å². The van der Waals surface area contributed by atoms with Gasteiger partial charge in [-0.2, -0.15) is 0 Å². The van der Waals surface area contributed by atoms with Crippen LogP contribution in [-0.2, 0) is 11.2 Å². The maximum atomic E-state index is 13.3. The second-order valence-corrected chi connectivity index (χ2v) is 6.68. The van der Waals surface area contributed by atoms with Gasteiger partial charge in [-0.3, -0.25) is 9.79 Å². The second kappa shape index (κ2) is 7.13. The standard InChI is InChI=1S/C20H17F4NO2/c1-11(2)18-17(26)9-13-5-8-15(27-20(22,23)24)10-16(13)19(25-18)12-3-6-14(21)7-4-12/h3-8,10-11,18H,9H2,1-2H3/t18-/m0/s1. The molecule has 1 heterocycles. The molecule has 0 aliphatic carbocycles. The first kappa shape index (κ1) is 19.1. The van der Waals surface area contributed by atoms with E-state index in [4.69, 9.17) is 0 Å². The molecule has 0 unspecified atom stereocenters. The van der Waals surface area contributed by atoms with E-state index in [1.54, 1.807) is 0 Å². The number of Topliss-reactive ketones (excluding diaryl/α,β-unsaturated/α-hetero) is 1. The number of rotatable bonds is 3. The summed E-state index contributed by atoms with van der Waals surface area (Å²) in [6.45, 7) is 3.70. The van der Waals surface area contributed by atoms with E-state index >= 15 is 0 Å². The Hall–Kier alpha value is -2.70. The van der Waals surface area contributed by atoms with Gasteiger partial charge in [0.05, 0.1) is 5.71 Å². The van der Waals surface area contributed by atoms with Gasteiger partial charge >= 0.3 is 6.36 Å². The van der Waals surface area contributed by atoms with Crippen molar-refractivity contribution >= 4 is 11.5 Å². The molecule has 0 radical (unpaired) electrons. The van der Waals surface area contributed by atoms with E-state index in [0.717, 1.165) is 0 Å². The minimum Gasteiger partial charge on any atom is -0.406 e. The number of ketones is 1. The lowest BCUT2D eigenvalue weighted by Crippen LogP contribution is -2.25. The Labute approximate surface area is 153 Å². The molecule has 27 heavy (non-hydrogen) atoms. The van der Waals surface area contributed by atoms with Gasteiger partial charge in [0.1, 0.15) is 17.6 Å². The Morgan fingerprint density at radius 2 is 1.78 bits per heavy atom. The third-order valence-corrected chi connectivity index (χ3v) is 4.28. The van der Waals surface area contributed by atoms with Crippen LogP contribution in [0.5, 0.6) is 5.75 Å². The minimum absolute atomic E-state index is 0.0542. The molecule has 3 nitrogen and oxygen atoms in total. The molecule has 2 aromatic rings. The third-order valence-electron chi connectivity index (χ3n) is 4.28. The molecule has 1 aliphatic heterocycles. The van der Waals surface area contributed by atoms with Crippen LogP contribution < -0.4 is 4.74 Å². The number of hydrogen-bond donors (Lipinski definition) is 0. The number of halogens is 4. The van der Waals surface area contributed by atoms with E-state index < -0.39 is 24.0 Å². The van der Waals surface area contributed by atoms with E-state index in [0.29, 0.717) is 22.4 Å². The lowest BCUT2D eigenvalue weighted by molar-refractivity contribution is -0.274. The summed E-state index contributed by atoms with van der Waals surface area (Å²) in [7, 11) is 0. The second-order valence-electron chi connectivity index (χ2n) is 6.68. The average molecular weight is 379 g/mol. The quantitative estimate of drug-likeness (QED) is 0.725. The summed E-state index contributed by atoms with van der Waals surface area (Å²) in [4.78, 5) is 17.1. The van der Waals surface area contributed by atoms with E-state index in [1.807, 2.05) is 13.8 Å². The van der Waals surface area contributed by atoms with Gasteiger partial charge in [0.15, 0.2) is 5.78 Å². The van der Waals surface area contributed by atoms with Crippen molar-refractivity contribution in [3.8, 4) is 5.75 Å². The van der Waals surface area contributed by atoms with Crippen LogP contribution in [0.1, 0.15) is 30.5 Å². The molecular weight excluding hydrogens is 362 g/mol. The maximum Gasteiger partial charge on any atom is 0.573 e. The topological polar surface area (TPSA) is 38.7 Å². The number of carbonyl (C=O) groups is 1. The molecule has 0 saturated heterocycles. The summed E-state index contributed by atoms with van der Waals surface area (Å²) in [5.41, 5.74) is 1.80. The van der Waals surface area contributed by atoms with Gasteiger partial charge in [0.25, 0.3) is 0 Å². The van der Waals surface area contributed by atoms with Crippen molar-refractivity contribution in [2.45, 2.75) is 32.7 Å². The molecule has 2 aromatic carbocycles. The molecular formula is C20H17F4NO2. The normalized spacial score (nSPS) is 17.4. The Morgan fingerprint density at radius 1 is 1.11 bits per heavy atom. The first-order valence-corrected chi connectivity index (χ1v) is 8.39. The van der Waals surface area contributed by atoms with E-state index in [-0.39, 0.29) is 18.1 Å². The molecule has 7 heteroatoms. The maximum absolute atomic E-state index is 13.3. The van der Waals surface area contributed by atoms with Crippen molar-refractivity contribution in [3.63, 3.8) is 0 Å². The monoisotopic (exact) mass is 379 g/mol. The fourth-order valence-electron chi connectivity index (χ4n) is 3.06. The average Bonchev–Trinajstić information content (AvgIpc) is 2.70. The summed E-state index contributed by atoms with van der Waals surface area (Å²) < 4.78 is 55.1. The van der Waals surface area contributed by atoms with Gasteiger partial charge in [0.2, 0.25) is 0 Å². The van der Waals surface area contributed by atoms with Crippen molar-refractivity contribution in [1.29, 1.82) is 0 Å². The molecule has 142 valence electrons. The van der Waals surface area contributed by atoms with Crippen LogP contribution >= 0.6 is 0 Å². The molecule has 0 amide bonds. The van der Waals surface area contributed by atoms with E-state index in [9.17, 15) is 22.4 Å². The number of fused-ring (bicyclic) bond motifs is 1. The first-order valence-electron chi connectivity index (χ1n) is 8.39. The molecule has 0 bridgehead atoms. The highest BCUT2D eigenvalue weighted by molar-refractivity contribution is 6.16. The number of hydrogen-bond acceptors (Lipinski definition) is 3.